The highest BCUT2D eigenvalue weighted by molar-refractivity contribution is 6.00. The van der Waals surface area contributed by atoms with E-state index in [-0.39, 0.29) is 5.69 Å². The lowest BCUT2D eigenvalue weighted by Gasteiger charge is -2.12. The van der Waals surface area contributed by atoms with E-state index >= 15 is 0 Å². The summed E-state index contributed by atoms with van der Waals surface area (Å²) in [6.45, 7) is 1.95. The van der Waals surface area contributed by atoms with E-state index in [9.17, 15) is 18.0 Å². The second-order valence-electron chi connectivity index (χ2n) is 6.02. The molecule has 3 rings (SSSR count). The fourth-order valence-electron chi connectivity index (χ4n) is 2.65. The molecule has 0 bridgehead atoms. The molecule has 1 aromatic heterocycles. The number of aromatic nitrogens is 2. The Bertz CT molecular complexity index is 962. The van der Waals surface area contributed by atoms with Crippen molar-refractivity contribution in [3.8, 4) is 11.3 Å². The zero-order valence-corrected chi connectivity index (χ0v) is 14.6. The summed E-state index contributed by atoms with van der Waals surface area (Å²) >= 11 is 0. The quantitative estimate of drug-likeness (QED) is 0.673. The van der Waals surface area contributed by atoms with Crippen LogP contribution >= 0.6 is 0 Å². The Hall–Kier alpha value is -3.29. The van der Waals surface area contributed by atoms with Crippen LogP contribution in [0.5, 0.6) is 0 Å². The molecule has 2 aromatic carbocycles. The van der Waals surface area contributed by atoms with Gasteiger partial charge in [0.15, 0.2) is 0 Å². The molecule has 0 aliphatic heterocycles. The third kappa shape index (κ3) is 4.28. The van der Waals surface area contributed by atoms with Gasteiger partial charge in [-0.25, -0.2) is 4.79 Å². The maximum atomic E-state index is 12.6. The first-order chi connectivity index (χ1) is 12.7. The highest BCUT2D eigenvalue weighted by Crippen LogP contribution is 2.30. The molecule has 0 saturated carbocycles. The third-order valence-corrected chi connectivity index (χ3v) is 4.06. The molecule has 0 unspecified atom stereocenters. The molecule has 5 nitrogen and oxygen atoms in total. The monoisotopic (exact) mass is 374 g/mol. The first-order valence-electron chi connectivity index (χ1n) is 8.08. The summed E-state index contributed by atoms with van der Waals surface area (Å²) in [4.78, 5) is 12.2. The number of nitrogens with zero attached hydrogens (tertiary/aromatic N) is 2. The number of amides is 2. The van der Waals surface area contributed by atoms with Crippen molar-refractivity contribution in [2.24, 2.45) is 7.05 Å². The summed E-state index contributed by atoms with van der Waals surface area (Å²) in [5, 5.41) is 9.34. The van der Waals surface area contributed by atoms with Gasteiger partial charge < -0.3 is 10.6 Å². The minimum absolute atomic E-state index is 0.263. The first-order valence-corrected chi connectivity index (χ1v) is 8.08. The van der Waals surface area contributed by atoms with Crippen molar-refractivity contribution in [2.45, 2.75) is 13.1 Å². The second-order valence-corrected chi connectivity index (χ2v) is 6.02. The molecule has 0 fully saturated rings. The molecule has 1 heterocycles. The van der Waals surface area contributed by atoms with E-state index in [0.29, 0.717) is 5.69 Å². The molecule has 0 aliphatic rings. The Balaban J connectivity index is 1.72. The number of anilines is 2. The standard InChI is InChI=1S/C19H17F3N4O/c1-12-3-6-15(11-16(12)17-9-10-23-26(17)2)25-18(27)24-14-7-4-13(5-8-14)19(20,21)22/h3-11H,1-2H3,(H2,24,25,27). The number of rotatable bonds is 3. The van der Waals surface area contributed by atoms with Crippen LogP contribution < -0.4 is 10.6 Å². The summed E-state index contributed by atoms with van der Waals surface area (Å²) in [5.74, 6) is 0. The molecule has 0 radical (unpaired) electrons. The topological polar surface area (TPSA) is 59.0 Å². The Morgan fingerprint density at radius 1 is 1.00 bits per heavy atom. The molecule has 3 aromatic rings. The zero-order chi connectivity index (χ0) is 19.6. The van der Waals surface area contributed by atoms with Crippen molar-refractivity contribution in [1.29, 1.82) is 0 Å². The molecule has 0 aliphatic carbocycles. The molecule has 2 N–H and O–H groups in total. The van der Waals surface area contributed by atoms with Crippen LogP contribution in [0.1, 0.15) is 11.1 Å². The predicted molar refractivity (Wildman–Crippen MR) is 97.5 cm³/mol. The van der Waals surface area contributed by atoms with Crippen LogP contribution in [0.3, 0.4) is 0 Å². The number of carbonyl (C=O) groups is 1. The summed E-state index contributed by atoms with van der Waals surface area (Å²) in [5.41, 5.74) is 2.89. The van der Waals surface area contributed by atoms with Gasteiger partial charge in [-0.15, -0.1) is 0 Å². The molecule has 140 valence electrons. The highest BCUT2D eigenvalue weighted by Gasteiger charge is 2.29. The second kappa shape index (κ2) is 7.14. The first kappa shape index (κ1) is 18.5. The SMILES string of the molecule is Cc1ccc(NC(=O)Nc2ccc(C(F)(F)F)cc2)cc1-c1ccnn1C. The van der Waals surface area contributed by atoms with Gasteiger partial charge in [0, 0.05) is 30.2 Å². The Kier molecular flexibility index (Phi) is 4.89. The van der Waals surface area contributed by atoms with Crippen molar-refractivity contribution in [2.75, 3.05) is 10.6 Å². The Morgan fingerprint density at radius 3 is 2.22 bits per heavy atom. The van der Waals surface area contributed by atoms with Crippen molar-refractivity contribution in [3.63, 3.8) is 0 Å². The number of halogens is 3. The maximum absolute atomic E-state index is 12.6. The smallest absolute Gasteiger partial charge is 0.308 e. The number of alkyl halides is 3. The molecule has 0 atom stereocenters. The fraction of sp³-hybridized carbons (Fsp3) is 0.158. The Labute approximate surface area is 153 Å². The van der Waals surface area contributed by atoms with Crippen LogP contribution in [0.2, 0.25) is 0 Å². The summed E-state index contributed by atoms with van der Waals surface area (Å²) in [6, 6.07) is 11.0. The molecule has 0 saturated heterocycles. The molecule has 27 heavy (non-hydrogen) atoms. The van der Waals surface area contributed by atoms with E-state index in [4.69, 9.17) is 0 Å². The number of nitrogens with one attached hydrogen (secondary N) is 2. The Morgan fingerprint density at radius 2 is 1.63 bits per heavy atom. The van der Waals surface area contributed by atoms with Gasteiger partial charge in [0.05, 0.1) is 11.3 Å². The minimum Gasteiger partial charge on any atom is -0.308 e. The van der Waals surface area contributed by atoms with Crippen molar-refractivity contribution in [1.82, 2.24) is 9.78 Å². The number of carbonyl (C=O) groups excluding carboxylic acids is 1. The lowest BCUT2D eigenvalue weighted by Crippen LogP contribution is -2.19. The summed E-state index contributed by atoms with van der Waals surface area (Å²) in [7, 11) is 1.83. The fourth-order valence-corrected chi connectivity index (χ4v) is 2.65. The maximum Gasteiger partial charge on any atom is 0.416 e. The summed E-state index contributed by atoms with van der Waals surface area (Å²) in [6.07, 6.45) is -2.73. The number of aryl methyl sites for hydroxylation is 2. The van der Waals surface area contributed by atoms with Gasteiger partial charge >= 0.3 is 12.2 Å². The van der Waals surface area contributed by atoms with Crippen LogP contribution in [0.25, 0.3) is 11.3 Å². The van der Waals surface area contributed by atoms with Gasteiger partial charge in [0.1, 0.15) is 0 Å². The third-order valence-electron chi connectivity index (χ3n) is 4.06. The van der Waals surface area contributed by atoms with Gasteiger partial charge in [-0.2, -0.15) is 18.3 Å². The minimum atomic E-state index is -4.41. The van der Waals surface area contributed by atoms with E-state index in [1.807, 2.05) is 32.2 Å². The van der Waals surface area contributed by atoms with Crippen LogP contribution in [0, 0.1) is 6.92 Å². The van der Waals surface area contributed by atoms with E-state index in [1.54, 1.807) is 16.9 Å². The van der Waals surface area contributed by atoms with Crippen LogP contribution in [-0.4, -0.2) is 15.8 Å². The van der Waals surface area contributed by atoms with Gasteiger partial charge in [-0.05, 0) is 55.0 Å². The predicted octanol–water partition coefficient (Wildman–Crippen LogP) is 5.06. The van der Waals surface area contributed by atoms with Gasteiger partial charge in [0.2, 0.25) is 0 Å². The molecular formula is C19H17F3N4O. The number of benzene rings is 2. The van der Waals surface area contributed by atoms with Gasteiger partial charge in [0.25, 0.3) is 0 Å². The van der Waals surface area contributed by atoms with Crippen molar-refractivity contribution >= 4 is 17.4 Å². The number of urea groups is 1. The number of hydrogen-bond acceptors (Lipinski definition) is 2. The zero-order valence-electron chi connectivity index (χ0n) is 14.6. The molecule has 8 heteroatoms. The average molecular weight is 374 g/mol. The lowest BCUT2D eigenvalue weighted by molar-refractivity contribution is -0.137. The van der Waals surface area contributed by atoms with Crippen LogP contribution in [0.4, 0.5) is 29.3 Å². The van der Waals surface area contributed by atoms with E-state index in [2.05, 4.69) is 15.7 Å². The number of hydrogen-bond donors (Lipinski definition) is 2. The largest absolute Gasteiger partial charge is 0.416 e. The molecule has 2 amide bonds. The van der Waals surface area contributed by atoms with Crippen molar-refractivity contribution < 1.29 is 18.0 Å². The molecule has 0 spiro atoms. The van der Waals surface area contributed by atoms with Crippen LogP contribution in [-0.2, 0) is 13.2 Å². The molecular weight excluding hydrogens is 357 g/mol. The van der Waals surface area contributed by atoms with Gasteiger partial charge in [-0.1, -0.05) is 6.07 Å². The van der Waals surface area contributed by atoms with E-state index < -0.39 is 17.8 Å². The van der Waals surface area contributed by atoms with Crippen molar-refractivity contribution in [3.05, 3.63) is 65.9 Å². The summed E-state index contributed by atoms with van der Waals surface area (Å²) < 4.78 is 39.5. The van der Waals surface area contributed by atoms with Gasteiger partial charge in [-0.3, -0.25) is 4.68 Å². The lowest BCUT2D eigenvalue weighted by atomic mass is 10.0. The highest BCUT2D eigenvalue weighted by atomic mass is 19.4. The van der Waals surface area contributed by atoms with E-state index in [1.165, 1.54) is 12.1 Å². The average Bonchev–Trinajstić information content (AvgIpc) is 3.02. The normalized spacial score (nSPS) is 11.3. The van der Waals surface area contributed by atoms with E-state index in [0.717, 1.165) is 29.0 Å². The van der Waals surface area contributed by atoms with Crippen LogP contribution in [0.15, 0.2) is 54.7 Å².